The molecule has 3 heterocycles. The van der Waals surface area contributed by atoms with E-state index in [1.165, 1.54) is 12.4 Å². The predicted molar refractivity (Wildman–Crippen MR) is 120 cm³/mol. The number of aryl methyl sites for hydroxylation is 1. The van der Waals surface area contributed by atoms with Crippen LogP contribution in [0.1, 0.15) is 16.7 Å². The molecule has 0 aliphatic carbocycles. The normalized spacial score (nSPS) is 13.5. The standard InChI is InChI=1S/C24H20F3N5O/c1-31-12-18(21-22(28)29-13-30-23(21)31)16-6-3-7-19-17(16)8-9-32(19)20(33)11-14-4-2-5-15(10-14)24(25,26)27/h2-7,10,12-13H,8-9,11H2,1H3,(H2,28,29,30). The lowest BCUT2D eigenvalue weighted by molar-refractivity contribution is -0.137. The number of carbonyl (C=O) groups is 1. The maximum absolute atomic E-state index is 13.1. The third-order valence-electron chi connectivity index (χ3n) is 6.01. The number of hydrogen-bond donors (Lipinski definition) is 1. The van der Waals surface area contributed by atoms with E-state index in [2.05, 4.69) is 9.97 Å². The van der Waals surface area contributed by atoms with Crippen molar-refractivity contribution in [1.29, 1.82) is 0 Å². The highest BCUT2D eigenvalue weighted by atomic mass is 19.4. The summed E-state index contributed by atoms with van der Waals surface area (Å²) in [7, 11) is 1.88. The number of nitrogen functional groups attached to an aromatic ring is 1. The molecule has 2 aromatic carbocycles. The van der Waals surface area contributed by atoms with E-state index in [4.69, 9.17) is 5.73 Å². The molecule has 1 aliphatic rings. The van der Waals surface area contributed by atoms with Gasteiger partial charge in [-0.2, -0.15) is 13.2 Å². The summed E-state index contributed by atoms with van der Waals surface area (Å²) in [6, 6.07) is 10.6. The molecule has 5 rings (SSSR count). The second-order valence-corrected chi connectivity index (χ2v) is 8.08. The lowest BCUT2D eigenvalue weighted by Gasteiger charge is -2.18. The number of amides is 1. The van der Waals surface area contributed by atoms with Crippen molar-refractivity contribution < 1.29 is 18.0 Å². The summed E-state index contributed by atoms with van der Waals surface area (Å²) >= 11 is 0. The van der Waals surface area contributed by atoms with Gasteiger partial charge in [0.25, 0.3) is 0 Å². The third-order valence-corrected chi connectivity index (χ3v) is 6.01. The van der Waals surface area contributed by atoms with Gasteiger partial charge in [-0.15, -0.1) is 0 Å². The number of nitrogens with two attached hydrogens (primary N) is 1. The van der Waals surface area contributed by atoms with Crippen molar-refractivity contribution in [1.82, 2.24) is 14.5 Å². The summed E-state index contributed by atoms with van der Waals surface area (Å²) < 4.78 is 41.0. The van der Waals surface area contributed by atoms with Crippen LogP contribution in [-0.2, 0) is 30.9 Å². The van der Waals surface area contributed by atoms with E-state index in [1.807, 2.05) is 36.0 Å². The minimum absolute atomic E-state index is 0.108. The highest BCUT2D eigenvalue weighted by Gasteiger charge is 2.31. The minimum atomic E-state index is -4.45. The highest BCUT2D eigenvalue weighted by Crippen LogP contribution is 2.40. The van der Waals surface area contributed by atoms with Crippen LogP contribution in [0.5, 0.6) is 0 Å². The van der Waals surface area contributed by atoms with E-state index >= 15 is 0 Å². The Morgan fingerprint density at radius 1 is 1.12 bits per heavy atom. The molecule has 0 atom stereocenters. The fourth-order valence-electron chi connectivity index (χ4n) is 4.51. The predicted octanol–water partition coefficient (Wildman–Crippen LogP) is 4.37. The average molecular weight is 451 g/mol. The Kier molecular flexibility index (Phi) is 4.84. The second-order valence-electron chi connectivity index (χ2n) is 8.08. The van der Waals surface area contributed by atoms with Crippen molar-refractivity contribution in [3.05, 3.63) is 71.7 Å². The van der Waals surface area contributed by atoms with Gasteiger partial charge >= 0.3 is 6.18 Å². The maximum Gasteiger partial charge on any atom is 0.416 e. The first-order valence-electron chi connectivity index (χ1n) is 10.4. The fraction of sp³-hybridized carbons (Fsp3) is 0.208. The summed E-state index contributed by atoms with van der Waals surface area (Å²) in [5, 5.41) is 0.752. The van der Waals surface area contributed by atoms with Gasteiger partial charge in [0.1, 0.15) is 17.8 Å². The quantitative estimate of drug-likeness (QED) is 0.502. The summed E-state index contributed by atoms with van der Waals surface area (Å²) in [5.74, 6) is 0.134. The van der Waals surface area contributed by atoms with Crippen LogP contribution < -0.4 is 10.6 Å². The number of alkyl halides is 3. The van der Waals surface area contributed by atoms with Gasteiger partial charge in [0, 0.05) is 31.0 Å². The van der Waals surface area contributed by atoms with Gasteiger partial charge in [-0.25, -0.2) is 9.97 Å². The SMILES string of the molecule is Cn1cc(-c2cccc3c2CCN3C(=O)Cc2cccc(C(F)(F)F)c2)c2c(N)ncnc21. The van der Waals surface area contributed by atoms with Crippen molar-refractivity contribution in [2.24, 2.45) is 7.05 Å². The van der Waals surface area contributed by atoms with Gasteiger partial charge in [-0.05, 0) is 35.2 Å². The van der Waals surface area contributed by atoms with Crippen LogP contribution in [0.3, 0.4) is 0 Å². The van der Waals surface area contributed by atoms with E-state index in [9.17, 15) is 18.0 Å². The number of nitrogens with zero attached hydrogens (tertiary/aromatic N) is 4. The Labute approximate surface area is 187 Å². The van der Waals surface area contributed by atoms with Crippen molar-refractivity contribution in [3.8, 4) is 11.1 Å². The summed E-state index contributed by atoms with van der Waals surface area (Å²) in [5.41, 5.74) is 10.0. The number of aromatic nitrogens is 3. The van der Waals surface area contributed by atoms with Gasteiger partial charge in [0.2, 0.25) is 5.91 Å². The third kappa shape index (κ3) is 3.59. The Hall–Kier alpha value is -3.88. The van der Waals surface area contributed by atoms with Crippen LogP contribution in [0.4, 0.5) is 24.7 Å². The maximum atomic E-state index is 13.1. The topological polar surface area (TPSA) is 77.0 Å². The zero-order valence-corrected chi connectivity index (χ0v) is 17.7. The zero-order chi connectivity index (χ0) is 23.3. The molecule has 33 heavy (non-hydrogen) atoms. The molecule has 168 valence electrons. The smallest absolute Gasteiger partial charge is 0.383 e. The van der Waals surface area contributed by atoms with Crippen molar-refractivity contribution >= 4 is 28.4 Å². The molecular weight excluding hydrogens is 431 g/mol. The Morgan fingerprint density at radius 2 is 1.91 bits per heavy atom. The molecular formula is C24H20F3N5O. The van der Waals surface area contributed by atoms with Gasteiger partial charge in [-0.1, -0.05) is 30.3 Å². The molecule has 6 nitrogen and oxygen atoms in total. The number of fused-ring (bicyclic) bond motifs is 2. The first kappa shape index (κ1) is 21.0. The number of rotatable bonds is 3. The summed E-state index contributed by atoms with van der Waals surface area (Å²) in [6.45, 7) is 0.459. The molecule has 1 aliphatic heterocycles. The van der Waals surface area contributed by atoms with E-state index in [0.717, 1.165) is 39.9 Å². The molecule has 9 heteroatoms. The molecule has 0 bridgehead atoms. The Bertz CT molecular complexity index is 1390. The Balaban J connectivity index is 1.49. The molecule has 2 N–H and O–H groups in total. The minimum Gasteiger partial charge on any atom is -0.383 e. The fourth-order valence-corrected chi connectivity index (χ4v) is 4.51. The van der Waals surface area contributed by atoms with Crippen LogP contribution in [0.15, 0.2) is 55.0 Å². The first-order valence-corrected chi connectivity index (χ1v) is 10.4. The van der Waals surface area contributed by atoms with Crippen LogP contribution in [0.25, 0.3) is 22.2 Å². The summed E-state index contributed by atoms with van der Waals surface area (Å²) in [4.78, 5) is 23.1. The van der Waals surface area contributed by atoms with Crippen molar-refractivity contribution in [2.45, 2.75) is 19.0 Å². The number of anilines is 2. The molecule has 0 fully saturated rings. The van der Waals surface area contributed by atoms with Crippen LogP contribution in [-0.4, -0.2) is 27.0 Å². The van der Waals surface area contributed by atoms with Crippen LogP contribution in [0.2, 0.25) is 0 Å². The Morgan fingerprint density at radius 3 is 2.70 bits per heavy atom. The lowest BCUT2D eigenvalue weighted by atomic mass is 9.98. The van der Waals surface area contributed by atoms with E-state index in [1.54, 1.807) is 11.0 Å². The van der Waals surface area contributed by atoms with Crippen LogP contribution in [0, 0.1) is 0 Å². The van der Waals surface area contributed by atoms with Gasteiger partial charge in [0.05, 0.1) is 17.4 Å². The monoisotopic (exact) mass is 451 g/mol. The molecule has 0 unspecified atom stereocenters. The van der Waals surface area contributed by atoms with Gasteiger partial charge in [0.15, 0.2) is 0 Å². The number of hydrogen-bond acceptors (Lipinski definition) is 4. The van der Waals surface area contributed by atoms with Gasteiger partial charge < -0.3 is 15.2 Å². The summed E-state index contributed by atoms with van der Waals surface area (Å²) in [6.07, 6.45) is -0.561. The highest BCUT2D eigenvalue weighted by molar-refractivity contribution is 6.04. The molecule has 0 saturated heterocycles. The largest absolute Gasteiger partial charge is 0.416 e. The number of carbonyl (C=O) groups excluding carboxylic acids is 1. The van der Waals surface area contributed by atoms with E-state index in [-0.39, 0.29) is 12.3 Å². The van der Waals surface area contributed by atoms with E-state index < -0.39 is 11.7 Å². The zero-order valence-electron chi connectivity index (χ0n) is 17.7. The number of halogens is 3. The van der Waals surface area contributed by atoms with Crippen LogP contribution >= 0.6 is 0 Å². The van der Waals surface area contributed by atoms with E-state index in [0.29, 0.717) is 30.0 Å². The van der Waals surface area contributed by atoms with Gasteiger partial charge in [-0.3, -0.25) is 4.79 Å². The number of benzene rings is 2. The molecule has 2 aromatic heterocycles. The molecule has 0 radical (unpaired) electrons. The molecule has 4 aromatic rings. The average Bonchev–Trinajstić information content (AvgIpc) is 3.36. The molecule has 0 spiro atoms. The molecule has 1 amide bonds. The second kappa shape index (κ2) is 7.61. The lowest BCUT2D eigenvalue weighted by Crippen LogP contribution is -2.30. The first-order chi connectivity index (χ1) is 15.7. The van der Waals surface area contributed by atoms with Crippen molar-refractivity contribution in [3.63, 3.8) is 0 Å². The molecule has 0 saturated carbocycles. The van der Waals surface area contributed by atoms with Crippen molar-refractivity contribution in [2.75, 3.05) is 17.2 Å².